The second-order valence-electron chi connectivity index (χ2n) is 6.84. The molecule has 1 aromatic rings. The average molecular weight is 503 g/mol. The van der Waals surface area contributed by atoms with Gasteiger partial charge in [0.15, 0.2) is 5.96 Å². The van der Waals surface area contributed by atoms with Gasteiger partial charge in [-0.25, -0.2) is 0 Å². The maximum absolute atomic E-state index is 11.1. The van der Waals surface area contributed by atoms with Crippen molar-refractivity contribution in [1.82, 2.24) is 15.5 Å². The molecule has 1 atom stereocenters. The molecule has 1 rings (SSSR count). The predicted octanol–water partition coefficient (Wildman–Crippen LogP) is 3.48. The molecular formula is C21H38IN5O. The van der Waals surface area contributed by atoms with Crippen LogP contribution in [-0.2, 0) is 11.2 Å². The van der Waals surface area contributed by atoms with Crippen LogP contribution in [-0.4, -0.2) is 56.0 Å². The Morgan fingerprint density at radius 1 is 1.18 bits per heavy atom. The summed E-state index contributed by atoms with van der Waals surface area (Å²) in [6.07, 6.45) is 3.21. The number of halogens is 1. The summed E-state index contributed by atoms with van der Waals surface area (Å²) < 4.78 is 0. The number of anilines is 1. The summed E-state index contributed by atoms with van der Waals surface area (Å²) >= 11 is 0. The van der Waals surface area contributed by atoms with E-state index in [1.165, 1.54) is 18.9 Å². The molecule has 1 amide bonds. The van der Waals surface area contributed by atoms with E-state index in [9.17, 15) is 4.79 Å². The van der Waals surface area contributed by atoms with E-state index >= 15 is 0 Å². The van der Waals surface area contributed by atoms with Gasteiger partial charge in [-0.1, -0.05) is 26.0 Å². The highest BCUT2D eigenvalue weighted by molar-refractivity contribution is 14.0. The van der Waals surface area contributed by atoms with E-state index in [-0.39, 0.29) is 29.9 Å². The van der Waals surface area contributed by atoms with Crippen LogP contribution in [0.1, 0.15) is 46.1 Å². The number of carbonyl (C=O) groups excluding carboxylic acids is 1. The summed E-state index contributed by atoms with van der Waals surface area (Å²) in [5.41, 5.74) is 2.05. The number of hydrogen-bond donors (Lipinski definition) is 3. The first-order valence-corrected chi connectivity index (χ1v) is 10.0. The lowest BCUT2D eigenvalue weighted by Gasteiger charge is -2.21. The number of hydrogen-bond acceptors (Lipinski definition) is 3. The minimum absolute atomic E-state index is 0. The Hall–Kier alpha value is -1.35. The summed E-state index contributed by atoms with van der Waals surface area (Å²) in [6.45, 7) is 12.3. The molecule has 6 nitrogen and oxygen atoms in total. The highest BCUT2D eigenvalue weighted by Crippen LogP contribution is 2.09. The van der Waals surface area contributed by atoms with Gasteiger partial charge in [0.1, 0.15) is 0 Å². The number of amides is 1. The molecule has 0 aliphatic carbocycles. The van der Waals surface area contributed by atoms with Crippen molar-refractivity contribution in [3.8, 4) is 0 Å². The van der Waals surface area contributed by atoms with Crippen LogP contribution in [0.4, 0.5) is 5.69 Å². The maximum atomic E-state index is 11.1. The van der Waals surface area contributed by atoms with Crippen LogP contribution < -0.4 is 16.0 Å². The fourth-order valence-corrected chi connectivity index (χ4v) is 2.94. The van der Waals surface area contributed by atoms with Crippen LogP contribution in [0, 0.1) is 0 Å². The standard InChI is InChI=1S/C21H37N5O.HI/c1-6-26(7-2)16-8-9-17(3)24-21(22-5)23-15-14-19-10-12-20(13-11-19)25-18(4)27;/h10-13,17H,6-9,14-16H2,1-5H3,(H,25,27)(H2,22,23,24);1H. The zero-order valence-electron chi connectivity index (χ0n) is 18.0. The SMILES string of the molecule is CCN(CC)CCCC(C)NC(=NC)NCCc1ccc(NC(C)=O)cc1.I. The van der Waals surface area contributed by atoms with E-state index in [0.717, 1.165) is 50.7 Å². The van der Waals surface area contributed by atoms with Crippen LogP contribution in [0.5, 0.6) is 0 Å². The second kappa shape index (κ2) is 15.6. The molecule has 0 fully saturated rings. The highest BCUT2D eigenvalue weighted by Gasteiger charge is 2.06. The molecule has 160 valence electrons. The zero-order chi connectivity index (χ0) is 20.1. The van der Waals surface area contributed by atoms with Gasteiger partial charge in [0.05, 0.1) is 0 Å². The molecular weight excluding hydrogens is 465 g/mol. The van der Waals surface area contributed by atoms with E-state index in [1.54, 1.807) is 7.05 Å². The number of rotatable bonds is 11. The zero-order valence-corrected chi connectivity index (χ0v) is 20.4. The first-order valence-electron chi connectivity index (χ1n) is 10.0. The van der Waals surface area contributed by atoms with E-state index in [4.69, 9.17) is 0 Å². The molecule has 0 bridgehead atoms. The molecule has 3 N–H and O–H groups in total. The molecule has 28 heavy (non-hydrogen) atoms. The van der Waals surface area contributed by atoms with Crippen molar-refractivity contribution in [3.63, 3.8) is 0 Å². The lowest BCUT2D eigenvalue weighted by atomic mass is 10.1. The van der Waals surface area contributed by atoms with E-state index < -0.39 is 0 Å². The third-order valence-electron chi connectivity index (χ3n) is 4.59. The second-order valence-corrected chi connectivity index (χ2v) is 6.84. The Morgan fingerprint density at radius 2 is 1.82 bits per heavy atom. The highest BCUT2D eigenvalue weighted by atomic mass is 127. The van der Waals surface area contributed by atoms with Crippen molar-refractivity contribution < 1.29 is 4.79 Å². The Labute approximate surface area is 188 Å². The van der Waals surface area contributed by atoms with Crippen LogP contribution in [0.15, 0.2) is 29.3 Å². The largest absolute Gasteiger partial charge is 0.356 e. The summed E-state index contributed by atoms with van der Waals surface area (Å²) in [5.74, 6) is 0.797. The third-order valence-corrected chi connectivity index (χ3v) is 4.59. The van der Waals surface area contributed by atoms with Crippen molar-refractivity contribution in [2.24, 2.45) is 4.99 Å². The topological polar surface area (TPSA) is 68.8 Å². The van der Waals surface area contributed by atoms with Gasteiger partial charge in [-0.05, 0) is 63.5 Å². The summed E-state index contributed by atoms with van der Waals surface area (Å²) in [4.78, 5) is 17.8. The molecule has 0 aliphatic heterocycles. The lowest BCUT2D eigenvalue weighted by Crippen LogP contribution is -2.43. The summed E-state index contributed by atoms with van der Waals surface area (Å²) in [7, 11) is 1.81. The van der Waals surface area contributed by atoms with Crippen molar-refractivity contribution in [2.45, 2.75) is 53.0 Å². The molecule has 0 saturated heterocycles. The molecule has 0 aromatic heterocycles. The summed E-state index contributed by atoms with van der Waals surface area (Å²) in [6, 6.07) is 8.34. The molecule has 7 heteroatoms. The van der Waals surface area contributed by atoms with Gasteiger partial charge < -0.3 is 20.9 Å². The van der Waals surface area contributed by atoms with Crippen LogP contribution in [0.25, 0.3) is 0 Å². The fraction of sp³-hybridized carbons (Fsp3) is 0.619. The van der Waals surface area contributed by atoms with E-state index in [1.807, 2.05) is 24.3 Å². The number of nitrogens with zero attached hydrogens (tertiary/aromatic N) is 2. The van der Waals surface area contributed by atoms with Crippen LogP contribution in [0.2, 0.25) is 0 Å². The lowest BCUT2D eigenvalue weighted by molar-refractivity contribution is -0.114. The summed E-state index contributed by atoms with van der Waals surface area (Å²) in [5, 5.41) is 9.62. The Bertz CT molecular complexity index is 573. The number of guanidine groups is 1. The van der Waals surface area contributed by atoms with Crippen LogP contribution >= 0.6 is 24.0 Å². The Morgan fingerprint density at radius 3 is 2.36 bits per heavy atom. The van der Waals surface area contributed by atoms with E-state index in [2.05, 4.69) is 46.6 Å². The normalized spacial score (nSPS) is 12.3. The van der Waals surface area contributed by atoms with Crippen molar-refractivity contribution in [2.75, 3.05) is 38.5 Å². The Kier molecular flexibility index (Phi) is 14.8. The molecule has 0 aliphatic rings. The number of carbonyl (C=O) groups is 1. The quantitative estimate of drug-likeness (QED) is 0.246. The molecule has 0 saturated carbocycles. The number of aliphatic imine (C=N–C) groups is 1. The molecule has 1 aromatic carbocycles. The fourth-order valence-electron chi connectivity index (χ4n) is 2.94. The first kappa shape index (κ1) is 26.6. The van der Waals surface area contributed by atoms with Gasteiger partial charge in [0.25, 0.3) is 0 Å². The van der Waals surface area contributed by atoms with Gasteiger partial charge in [-0.15, -0.1) is 24.0 Å². The molecule has 0 spiro atoms. The minimum Gasteiger partial charge on any atom is -0.356 e. The number of benzene rings is 1. The van der Waals surface area contributed by atoms with Gasteiger partial charge >= 0.3 is 0 Å². The van der Waals surface area contributed by atoms with Crippen molar-refractivity contribution in [1.29, 1.82) is 0 Å². The predicted molar refractivity (Wildman–Crippen MR) is 131 cm³/mol. The minimum atomic E-state index is -0.0505. The smallest absolute Gasteiger partial charge is 0.221 e. The van der Waals surface area contributed by atoms with E-state index in [0.29, 0.717) is 6.04 Å². The van der Waals surface area contributed by atoms with Gasteiger partial charge in [0, 0.05) is 32.2 Å². The first-order chi connectivity index (χ1) is 13.0. The third kappa shape index (κ3) is 11.5. The number of nitrogens with one attached hydrogen (secondary N) is 3. The van der Waals surface area contributed by atoms with Crippen molar-refractivity contribution >= 4 is 41.5 Å². The average Bonchev–Trinajstić information content (AvgIpc) is 2.65. The van der Waals surface area contributed by atoms with Crippen molar-refractivity contribution in [3.05, 3.63) is 29.8 Å². The van der Waals surface area contributed by atoms with Gasteiger partial charge in [0.2, 0.25) is 5.91 Å². The monoisotopic (exact) mass is 503 g/mol. The molecule has 1 unspecified atom stereocenters. The molecule has 0 radical (unpaired) electrons. The molecule has 0 heterocycles. The maximum Gasteiger partial charge on any atom is 0.221 e. The van der Waals surface area contributed by atoms with Gasteiger partial charge in [-0.2, -0.15) is 0 Å². The van der Waals surface area contributed by atoms with Crippen LogP contribution in [0.3, 0.4) is 0 Å². The van der Waals surface area contributed by atoms with Gasteiger partial charge in [-0.3, -0.25) is 9.79 Å². The Balaban J connectivity index is 0.00000729.